The van der Waals surface area contributed by atoms with Gasteiger partial charge < -0.3 is 5.11 Å². The number of hydrogen-bond acceptors (Lipinski definition) is 1. The first kappa shape index (κ1) is 11.4. The standard InChI is InChI=1S/C10H11ClF2O/c11-9-3-1-7(2-4-9)5-8(6-14)10(12)13/h1-4,8,10,14H,5-6H2. The molecule has 0 aromatic heterocycles. The van der Waals surface area contributed by atoms with Crippen molar-refractivity contribution in [3.8, 4) is 0 Å². The molecule has 0 saturated carbocycles. The van der Waals surface area contributed by atoms with Crippen molar-refractivity contribution in [3.63, 3.8) is 0 Å². The van der Waals surface area contributed by atoms with Gasteiger partial charge in [-0.05, 0) is 24.1 Å². The molecule has 1 N–H and O–H groups in total. The van der Waals surface area contributed by atoms with Gasteiger partial charge in [-0.15, -0.1) is 0 Å². The fourth-order valence-electron chi connectivity index (χ4n) is 1.16. The number of rotatable bonds is 4. The Morgan fingerprint density at radius 2 is 1.79 bits per heavy atom. The first-order chi connectivity index (χ1) is 6.63. The first-order valence-corrected chi connectivity index (χ1v) is 4.64. The molecule has 1 rings (SSSR count). The summed E-state index contributed by atoms with van der Waals surface area (Å²) in [6, 6.07) is 6.67. The van der Waals surface area contributed by atoms with Crippen LogP contribution in [0.15, 0.2) is 24.3 Å². The second-order valence-corrected chi connectivity index (χ2v) is 3.54. The lowest BCUT2D eigenvalue weighted by Gasteiger charge is -2.12. The zero-order valence-corrected chi connectivity index (χ0v) is 8.22. The Morgan fingerprint density at radius 3 is 2.21 bits per heavy atom. The molecule has 14 heavy (non-hydrogen) atoms. The fraction of sp³-hybridized carbons (Fsp3) is 0.400. The number of hydrogen-bond donors (Lipinski definition) is 1. The Kier molecular flexibility index (Phi) is 4.29. The molecule has 0 fully saturated rings. The average Bonchev–Trinajstić information content (AvgIpc) is 2.16. The van der Waals surface area contributed by atoms with Crippen molar-refractivity contribution >= 4 is 11.6 Å². The molecular formula is C10H11ClF2O. The van der Waals surface area contributed by atoms with Crippen LogP contribution in [0.3, 0.4) is 0 Å². The molecule has 1 aromatic carbocycles. The van der Waals surface area contributed by atoms with Gasteiger partial charge in [0.2, 0.25) is 6.43 Å². The number of aliphatic hydroxyl groups excluding tert-OH is 1. The SMILES string of the molecule is OCC(Cc1ccc(Cl)cc1)C(F)F. The summed E-state index contributed by atoms with van der Waals surface area (Å²) in [6.45, 7) is -0.500. The van der Waals surface area contributed by atoms with Crippen molar-refractivity contribution in [3.05, 3.63) is 34.9 Å². The quantitative estimate of drug-likeness (QED) is 0.827. The van der Waals surface area contributed by atoms with Crippen molar-refractivity contribution in [2.45, 2.75) is 12.8 Å². The van der Waals surface area contributed by atoms with E-state index in [2.05, 4.69) is 0 Å². The number of aliphatic hydroxyl groups is 1. The molecule has 0 aliphatic heterocycles. The van der Waals surface area contributed by atoms with Gasteiger partial charge in [-0.1, -0.05) is 23.7 Å². The largest absolute Gasteiger partial charge is 0.396 e. The maximum absolute atomic E-state index is 12.3. The van der Waals surface area contributed by atoms with Gasteiger partial charge in [0.1, 0.15) is 0 Å². The summed E-state index contributed by atoms with van der Waals surface area (Å²) >= 11 is 5.65. The van der Waals surface area contributed by atoms with Gasteiger partial charge in [-0.25, -0.2) is 8.78 Å². The lowest BCUT2D eigenvalue weighted by Crippen LogP contribution is -2.18. The molecule has 0 bridgehead atoms. The van der Waals surface area contributed by atoms with Crippen LogP contribution in [0.4, 0.5) is 8.78 Å². The monoisotopic (exact) mass is 220 g/mol. The summed E-state index contributed by atoms with van der Waals surface area (Å²) in [4.78, 5) is 0. The van der Waals surface area contributed by atoms with Gasteiger partial charge in [0.25, 0.3) is 0 Å². The molecule has 0 heterocycles. The minimum atomic E-state index is -2.49. The highest BCUT2D eigenvalue weighted by Gasteiger charge is 2.19. The van der Waals surface area contributed by atoms with Crippen LogP contribution in [0.1, 0.15) is 5.56 Å². The van der Waals surface area contributed by atoms with E-state index < -0.39 is 19.0 Å². The van der Waals surface area contributed by atoms with Gasteiger partial charge in [-0.3, -0.25) is 0 Å². The lowest BCUT2D eigenvalue weighted by molar-refractivity contribution is 0.0418. The number of alkyl halides is 2. The van der Waals surface area contributed by atoms with Crippen molar-refractivity contribution in [1.82, 2.24) is 0 Å². The third kappa shape index (κ3) is 3.24. The van der Waals surface area contributed by atoms with Crippen LogP contribution < -0.4 is 0 Å². The Hall–Kier alpha value is -0.670. The minimum absolute atomic E-state index is 0.172. The summed E-state index contributed by atoms with van der Waals surface area (Å²) in [6.07, 6.45) is -2.32. The van der Waals surface area contributed by atoms with E-state index in [-0.39, 0.29) is 6.42 Å². The van der Waals surface area contributed by atoms with Crippen LogP contribution in [0.25, 0.3) is 0 Å². The summed E-state index contributed by atoms with van der Waals surface area (Å²) in [5, 5.41) is 9.28. The molecular weight excluding hydrogens is 210 g/mol. The van der Waals surface area contributed by atoms with Gasteiger partial charge in [0.15, 0.2) is 0 Å². The summed E-state index contributed by atoms with van der Waals surface area (Å²) in [7, 11) is 0. The Balaban J connectivity index is 2.63. The molecule has 78 valence electrons. The van der Waals surface area contributed by atoms with E-state index in [1.165, 1.54) is 0 Å². The Labute approximate surface area is 86.3 Å². The van der Waals surface area contributed by atoms with Crippen molar-refractivity contribution < 1.29 is 13.9 Å². The Bertz CT molecular complexity index is 274. The molecule has 0 aliphatic rings. The van der Waals surface area contributed by atoms with Crippen molar-refractivity contribution in [2.75, 3.05) is 6.61 Å². The van der Waals surface area contributed by atoms with E-state index in [1.54, 1.807) is 24.3 Å². The lowest BCUT2D eigenvalue weighted by atomic mass is 10.0. The first-order valence-electron chi connectivity index (χ1n) is 4.27. The normalized spacial score (nSPS) is 13.2. The molecule has 0 radical (unpaired) electrons. The van der Waals surface area contributed by atoms with Crippen molar-refractivity contribution in [1.29, 1.82) is 0 Å². The number of halogens is 3. The number of benzene rings is 1. The zero-order valence-electron chi connectivity index (χ0n) is 7.46. The van der Waals surface area contributed by atoms with Crippen LogP contribution in [0.2, 0.25) is 5.02 Å². The van der Waals surface area contributed by atoms with Gasteiger partial charge in [0.05, 0.1) is 6.61 Å². The minimum Gasteiger partial charge on any atom is -0.396 e. The highest BCUT2D eigenvalue weighted by Crippen LogP contribution is 2.17. The fourth-order valence-corrected chi connectivity index (χ4v) is 1.28. The molecule has 4 heteroatoms. The van der Waals surface area contributed by atoms with Gasteiger partial charge >= 0.3 is 0 Å². The van der Waals surface area contributed by atoms with Crippen LogP contribution in [0.5, 0.6) is 0 Å². The second-order valence-electron chi connectivity index (χ2n) is 3.11. The molecule has 0 spiro atoms. The molecule has 0 saturated heterocycles. The molecule has 1 nitrogen and oxygen atoms in total. The molecule has 1 atom stereocenters. The molecule has 1 unspecified atom stereocenters. The van der Waals surface area contributed by atoms with E-state index in [0.717, 1.165) is 5.56 Å². The average molecular weight is 221 g/mol. The van der Waals surface area contributed by atoms with E-state index in [0.29, 0.717) is 5.02 Å². The van der Waals surface area contributed by atoms with Gasteiger partial charge in [-0.2, -0.15) is 0 Å². The predicted octanol–water partition coefficient (Wildman–Crippen LogP) is 2.76. The third-order valence-corrected chi connectivity index (χ3v) is 2.25. The van der Waals surface area contributed by atoms with E-state index in [1.807, 2.05) is 0 Å². The highest BCUT2D eigenvalue weighted by atomic mass is 35.5. The van der Waals surface area contributed by atoms with E-state index in [4.69, 9.17) is 16.7 Å². The summed E-state index contributed by atoms with van der Waals surface area (Å²) in [5.74, 6) is -0.990. The van der Waals surface area contributed by atoms with Gasteiger partial charge in [0, 0.05) is 10.9 Å². The van der Waals surface area contributed by atoms with Crippen LogP contribution in [-0.2, 0) is 6.42 Å². The second kappa shape index (κ2) is 5.27. The maximum atomic E-state index is 12.3. The molecule has 0 aliphatic carbocycles. The van der Waals surface area contributed by atoms with E-state index >= 15 is 0 Å². The van der Waals surface area contributed by atoms with Crippen molar-refractivity contribution in [2.24, 2.45) is 5.92 Å². The summed E-state index contributed by atoms with van der Waals surface area (Å²) in [5.41, 5.74) is 0.758. The van der Waals surface area contributed by atoms with Crippen LogP contribution in [-0.4, -0.2) is 18.1 Å². The smallest absolute Gasteiger partial charge is 0.243 e. The third-order valence-electron chi connectivity index (χ3n) is 2.00. The van der Waals surface area contributed by atoms with E-state index in [9.17, 15) is 8.78 Å². The Morgan fingerprint density at radius 1 is 1.21 bits per heavy atom. The maximum Gasteiger partial charge on any atom is 0.243 e. The van der Waals surface area contributed by atoms with Crippen LogP contribution >= 0.6 is 11.6 Å². The highest BCUT2D eigenvalue weighted by molar-refractivity contribution is 6.30. The zero-order chi connectivity index (χ0) is 10.6. The molecule has 0 amide bonds. The summed E-state index contributed by atoms with van der Waals surface area (Å²) < 4.78 is 24.6. The van der Waals surface area contributed by atoms with Crippen LogP contribution in [0, 0.1) is 5.92 Å². The topological polar surface area (TPSA) is 20.2 Å². The molecule has 1 aromatic rings. The predicted molar refractivity (Wildman–Crippen MR) is 51.7 cm³/mol.